The highest BCUT2D eigenvalue weighted by Gasteiger charge is 2.31. The molecule has 2 amide bonds. The van der Waals surface area contributed by atoms with E-state index in [9.17, 15) is 14.4 Å². The van der Waals surface area contributed by atoms with Crippen LogP contribution >= 0.6 is 34.3 Å². The molecule has 2 aromatic heterocycles. The predicted octanol–water partition coefficient (Wildman–Crippen LogP) is 4.41. The number of halogens is 1. The molecule has 0 radical (unpaired) electrons. The molecule has 0 fully saturated rings. The molecule has 0 aromatic carbocycles. The van der Waals surface area contributed by atoms with Crippen LogP contribution in [0.1, 0.15) is 44.3 Å². The topological polar surface area (TPSA) is 84.9 Å². The molecule has 2 aromatic rings. The normalized spacial score (nSPS) is 13.0. The number of esters is 1. The lowest BCUT2D eigenvalue weighted by Crippen LogP contribution is -2.36. The molecule has 0 aliphatic carbocycles. The maximum absolute atomic E-state index is 12.5. The molecule has 0 unspecified atom stereocenters. The van der Waals surface area contributed by atoms with Crippen LogP contribution in [0.4, 0.5) is 9.80 Å². The van der Waals surface area contributed by atoms with E-state index in [4.69, 9.17) is 21.1 Å². The summed E-state index contributed by atoms with van der Waals surface area (Å²) >= 11 is 8.33. The van der Waals surface area contributed by atoms with Crippen molar-refractivity contribution in [3.05, 3.63) is 37.4 Å². The minimum Gasteiger partial charge on any atom is -0.462 e. The van der Waals surface area contributed by atoms with Gasteiger partial charge < -0.3 is 19.7 Å². The summed E-state index contributed by atoms with van der Waals surface area (Å²) in [6.07, 6.45) is 0.0949. The molecular formula is C18H19ClN2O5S2. The van der Waals surface area contributed by atoms with E-state index >= 15 is 0 Å². The third-order valence-electron chi connectivity index (χ3n) is 4.09. The zero-order chi connectivity index (χ0) is 20.3. The van der Waals surface area contributed by atoms with E-state index in [1.165, 1.54) is 11.3 Å². The van der Waals surface area contributed by atoms with Gasteiger partial charge in [0.15, 0.2) is 0 Å². The van der Waals surface area contributed by atoms with Crippen LogP contribution in [0.25, 0.3) is 0 Å². The molecule has 0 bridgehead atoms. The highest BCUT2D eigenvalue weighted by molar-refractivity contribution is 7.18. The summed E-state index contributed by atoms with van der Waals surface area (Å²) < 4.78 is 10.8. The average molecular weight is 443 g/mol. The van der Waals surface area contributed by atoms with E-state index in [0.717, 1.165) is 21.8 Å². The van der Waals surface area contributed by atoms with Gasteiger partial charge in [-0.3, -0.25) is 4.79 Å². The van der Waals surface area contributed by atoms with E-state index in [0.29, 0.717) is 45.9 Å². The van der Waals surface area contributed by atoms with Crippen molar-refractivity contribution in [3.63, 3.8) is 0 Å². The van der Waals surface area contributed by atoms with Gasteiger partial charge in [-0.25, -0.2) is 9.59 Å². The number of fused-ring (bicyclic) bond motifs is 1. The van der Waals surface area contributed by atoms with Crippen molar-refractivity contribution in [2.24, 2.45) is 0 Å². The second-order valence-electron chi connectivity index (χ2n) is 5.86. The van der Waals surface area contributed by atoms with Crippen LogP contribution in [0.2, 0.25) is 4.34 Å². The summed E-state index contributed by atoms with van der Waals surface area (Å²) in [7, 11) is 0. The van der Waals surface area contributed by atoms with Gasteiger partial charge in [-0.2, -0.15) is 0 Å². The lowest BCUT2D eigenvalue weighted by molar-refractivity contribution is 0.0526. The fraction of sp³-hybridized carbons (Fsp3) is 0.389. The molecule has 0 spiro atoms. The smallest absolute Gasteiger partial charge is 0.410 e. The van der Waals surface area contributed by atoms with Crippen LogP contribution < -0.4 is 5.32 Å². The van der Waals surface area contributed by atoms with Crippen LogP contribution in [0.5, 0.6) is 0 Å². The Labute approximate surface area is 175 Å². The number of hydrogen-bond donors (Lipinski definition) is 1. The number of amides is 2. The van der Waals surface area contributed by atoms with Gasteiger partial charge in [-0.1, -0.05) is 11.6 Å². The van der Waals surface area contributed by atoms with Crippen molar-refractivity contribution >= 4 is 57.2 Å². The first-order chi connectivity index (χ1) is 13.4. The minimum absolute atomic E-state index is 0.228. The molecular weight excluding hydrogens is 424 g/mol. The number of rotatable bonds is 5. The van der Waals surface area contributed by atoms with Gasteiger partial charge in [0.05, 0.1) is 34.5 Å². The number of nitrogens with zero attached hydrogens (tertiary/aromatic N) is 1. The first-order valence-corrected chi connectivity index (χ1v) is 10.8. The van der Waals surface area contributed by atoms with E-state index in [-0.39, 0.29) is 12.5 Å². The first kappa shape index (κ1) is 20.6. The van der Waals surface area contributed by atoms with E-state index in [1.54, 1.807) is 30.9 Å². The molecule has 0 atom stereocenters. The quantitative estimate of drug-likeness (QED) is 0.693. The van der Waals surface area contributed by atoms with Gasteiger partial charge in [0.2, 0.25) is 0 Å². The number of carbonyl (C=O) groups is 3. The molecule has 150 valence electrons. The molecule has 1 aliphatic rings. The lowest BCUT2D eigenvalue weighted by Gasteiger charge is -2.26. The van der Waals surface area contributed by atoms with Crippen LogP contribution in [0.3, 0.4) is 0 Å². The van der Waals surface area contributed by atoms with E-state index in [2.05, 4.69) is 5.32 Å². The number of anilines is 1. The van der Waals surface area contributed by atoms with Crippen molar-refractivity contribution in [2.75, 3.05) is 25.1 Å². The largest absolute Gasteiger partial charge is 0.462 e. The summed E-state index contributed by atoms with van der Waals surface area (Å²) in [4.78, 5) is 40.0. The SMILES string of the molecule is CCOC(=O)c1c(NC(=O)c2ccc(Cl)s2)sc2c1CCN(C(=O)OCC)C2. The summed E-state index contributed by atoms with van der Waals surface area (Å²) in [5.74, 6) is -0.826. The highest BCUT2D eigenvalue weighted by atomic mass is 35.5. The number of hydrogen-bond acceptors (Lipinski definition) is 7. The Hall–Kier alpha value is -2.10. The van der Waals surface area contributed by atoms with Gasteiger partial charge >= 0.3 is 12.1 Å². The maximum Gasteiger partial charge on any atom is 0.410 e. The summed E-state index contributed by atoms with van der Waals surface area (Å²) in [5.41, 5.74) is 1.17. The molecule has 10 heteroatoms. The van der Waals surface area contributed by atoms with Crippen molar-refractivity contribution in [1.82, 2.24) is 4.90 Å². The number of nitrogens with one attached hydrogen (secondary N) is 1. The Balaban J connectivity index is 1.90. The highest BCUT2D eigenvalue weighted by Crippen LogP contribution is 2.38. The molecule has 28 heavy (non-hydrogen) atoms. The Kier molecular flexibility index (Phi) is 6.58. The Morgan fingerprint density at radius 1 is 1.18 bits per heavy atom. The number of ether oxygens (including phenoxy) is 2. The van der Waals surface area contributed by atoms with Gasteiger partial charge in [0.1, 0.15) is 5.00 Å². The zero-order valence-electron chi connectivity index (χ0n) is 15.4. The Bertz CT molecular complexity index is 908. The van der Waals surface area contributed by atoms with E-state index < -0.39 is 12.1 Å². The summed E-state index contributed by atoms with van der Waals surface area (Å²) in [5, 5.41) is 3.22. The van der Waals surface area contributed by atoms with E-state index in [1.807, 2.05) is 0 Å². The van der Waals surface area contributed by atoms with Gasteiger partial charge in [-0.15, -0.1) is 22.7 Å². The average Bonchev–Trinajstić information content (AvgIpc) is 3.24. The van der Waals surface area contributed by atoms with Crippen LogP contribution in [0.15, 0.2) is 12.1 Å². The lowest BCUT2D eigenvalue weighted by atomic mass is 10.0. The van der Waals surface area contributed by atoms with Gasteiger partial charge in [-0.05, 0) is 38.0 Å². The van der Waals surface area contributed by atoms with Crippen molar-refractivity contribution in [3.8, 4) is 0 Å². The zero-order valence-corrected chi connectivity index (χ0v) is 17.8. The second-order valence-corrected chi connectivity index (χ2v) is 8.68. The molecule has 7 nitrogen and oxygen atoms in total. The number of thiophene rings is 2. The van der Waals surface area contributed by atoms with Gasteiger partial charge in [0, 0.05) is 11.4 Å². The molecule has 1 N–H and O–H groups in total. The molecule has 3 rings (SSSR count). The van der Waals surface area contributed by atoms with Crippen LogP contribution in [0, 0.1) is 0 Å². The monoisotopic (exact) mass is 442 g/mol. The molecule has 0 saturated carbocycles. The minimum atomic E-state index is -0.482. The fourth-order valence-electron chi connectivity index (χ4n) is 2.88. The van der Waals surface area contributed by atoms with Crippen LogP contribution in [-0.2, 0) is 22.4 Å². The van der Waals surface area contributed by atoms with Crippen molar-refractivity contribution in [2.45, 2.75) is 26.8 Å². The predicted molar refractivity (Wildman–Crippen MR) is 109 cm³/mol. The first-order valence-electron chi connectivity index (χ1n) is 8.74. The van der Waals surface area contributed by atoms with Crippen LogP contribution in [-0.4, -0.2) is 42.6 Å². The maximum atomic E-state index is 12.5. The Morgan fingerprint density at radius 2 is 1.93 bits per heavy atom. The molecule has 0 saturated heterocycles. The second kappa shape index (κ2) is 8.93. The third-order valence-corrected chi connectivity index (χ3v) is 6.45. The number of carbonyl (C=O) groups excluding carboxylic acids is 3. The van der Waals surface area contributed by atoms with Crippen molar-refractivity contribution in [1.29, 1.82) is 0 Å². The fourth-order valence-corrected chi connectivity index (χ4v) is 5.07. The molecule has 3 heterocycles. The third kappa shape index (κ3) is 4.31. The standard InChI is InChI=1S/C18H19ClN2O5S2/c1-3-25-17(23)14-10-7-8-21(18(24)26-4-2)9-12(10)28-16(14)20-15(22)11-5-6-13(19)27-11/h5-6H,3-4,7-9H2,1-2H3,(H,20,22). The summed E-state index contributed by atoms with van der Waals surface area (Å²) in [6.45, 7) is 4.76. The summed E-state index contributed by atoms with van der Waals surface area (Å²) in [6, 6.07) is 3.27. The van der Waals surface area contributed by atoms with Gasteiger partial charge in [0.25, 0.3) is 5.91 Å². The van der Waals surface area contributed by atoms with Crippen molar-refractivity contribution < 1.29 is 23.9 Å². The molecule has 1 aliphatic heterocycles. The Morgan fingerprint density at radius 3 is 2.57 bits per heavy atom.